The number of ether oxygens (including phenoxy) is 1. The summed E-state index contributed by atoms with van der Waals surface area (Å²) >= 11 is 1.17. The predicted molar refractivity (Wildman–Crippen MR) is 137 cm³/mol. The van der Waals surface area contributed by atoms with Crippen molar-refractivity contribution < 1.29 is 14.3 Å². The molecule has 2 amide bonds. The summed E-state index contributed by atoms with van der Waals surface area (Å²) < 4.78 is 5.64. The van der Waals surface area contributed by atoms with Gasteiger partial charge in [0.25, 0.3) is 11.8 Å². The lowest BCUT2D eigenvalue weighted by Crippen LogP contribution is -2.32. The van der Waals surface area contributed by atoms with Crippen LogP contribution in [0.4, 0.5) is 5.69 Å². The Kier molecular flexibility index (Phi) is 8.19. The SMILES string of the molecule is C[C@H](CCc1ccccc1)NC(=O)c1ccc(NC(=O)c2nnc(COc3ccccc3)s2)cc1. The molecule has 0 radical (unpaired) electrons. The van der Waals surface area contributed by atoms with Crippen molar-refractivity contribution in [3.8, 4) is 5.75 Å². The number of carbonyl (C=O) groups excluding carboxylic acids is 2. The van der Waals surface area contributed by atoms with Gasteiger partial charge in [0.05, 0.1) is 0 Å². The lowest BCUT2D eigenvalue weighted by molar-refractivity contribution is 0.0938. The number of rotatable bonds is 10. The Morgan fingerprint density at radius 3 is 2.29 bits per heavy atom. The van der Waals surface area contributed by atoms with E-state index >= 15 is 0 Å². The number of carbonyl (C=O) groups is 2. The van der Waals surface area contributed by atoms with Crippen LogP contribution in [0.15, 0.2) is 84.9 Å². The van der Waals surface area contributed by atoms with Crippen LogP contribution in [0.25, 0.3) is 0 Å². The quantitative estimate of drug-likeness (QED) is 0.325. The summed E-state index contributed by atoms with van der Waals surface area (Å²) in [4.78, 5) is 25.1. The average Bonchev–Trinajstić information content (AvgIpc) is 3.37. The molecule has 0 saturated carbocycles. The van der Waals surface area contributed by atoms with Gasteiger partial charge in [0.15, 0.2) is 5.01 Å². The average molecular weight is 487 g/mol. The van der Waals surface area contributed by atoms with E-state index in [4.69, 9.17) is 4.74 Å². The zero-order chi connectivity index (χ0) is 24.5. The Morgan fingerprint density at radius 2 is 1.57 bits per heavy atom. The minimum absolute atomic E-state index is 0.0413. The maximum atomic E-state index is 12.6. The Balaban J connectivity index is 1.25. The van der Waals surface area contributed by atoms with Crippen LogP contribution in [0, 0.1) is 0 Å². The number of hydrogen-bond acceptors (Lipinski definition) is 6. The number of para-hydroxylation sites is 1. The molecule has 0 aliphatic rings. The second-order valence-electron chi connectivity index (χ2n) is 8.03. The molecular weight excluding hydrogens is 460 g/mol. The van der Waals surface area contributed by atoms with Crippen LogP contribution in [0.1, 0.15) is 44.1 Å². The van der Waals surface area contributed by atoms with Gasteiger partial charge < -0.3 is 15.4 Å². The van der Waals surface area contributed by atoms with Gasteiger partial charge in [0, 0.05) is 17.3 Å². The fraction of sp³-hybridized carbons (Fsp3) is 0.185. The first-order valence-electron chi connectivity index (χ1n) is 11.3. The molecule has 4 aromatic rings. The monoisotopic (exact) mass is 486 g/mol. The zero-order valence-corrected chi connectivity index (χ0v) is 20.1. The first-order valence-corrected chi connectivity index (χ1v) is 12.1. The zero-order valence-electron chi connectivity index (χ0n) is 19.3. The fourth-order valence-corrected chi connectivity index (χ4v) is 4.01. The normalized spacial score (nSPS) is 11.5. The third-order valence-corrected chi connectivity index (χ3v) is 6.15. The number of amides is 2. The van der Waals surface area contributed by atoms with Crippen molar-refractivity contribution in [3.05, 3.63) is 106 Å². The van der Waals surface area contributed by atoms with E-state index < -0.39 is 0 Å². The van der Waals surface area contributed by atoms with E-state index in [0.29, 0.717) is 16.3 Å². The number of anilines is 1. The molecule has 0 unspecified atom stereocenters. The van der Waals surface area contributed by atoms with Crippen molar-refractivity contribution in [3.63, 3.8) is 0 Å². The third kappa shape index (κ3) is 7.22. The molecule has 3 aromatic carbocycles. The Hall–Kier alpha value is -4.04. The van der Waals surface area contributed by atoms with Crippen molar-refractivity contribution >= 4 is 28.8 Å². The Labute approximate surface area is 208 Å². The number of nitrogens with zero attached hydrogens (tertiary/aromatic N) is 2. The number of hydrogen-bond donors (Lipinski definition) is 2. The van der Waals surface area contributed by atoms with Crippen molar-refractivity contribution in [2.75, 3.05) is 5.32 Å². The van der Waals surface area contributed by atoms with Crippen LogP contribution < -0.4 is 15.4 Å². The minimum Gasteiger partial charge on any atom is -0.486 e. The second kappa shape index (κ2) is 11.9. The number of aromatic nitrogens is 2. The highest BCUT2D eigenvalue weighted by atomic mass is 32.1. The maximum Gasteiger partial charge on any atom is 0.286 e. The molecular formula is C27H26N4O3S. The summed E-state index contributed by atoms with van der Waals surface area (Å²) in [6.07, 6.45) is 1.75. The number of nitrogens with one attached hydrogen (secondary N) is 2. The minimum atomic E-state index is -0.361. The lowest BCUT2D eigenvalue weighted by atomic mass is 10.1. The van der Waals surface area contributed by atoms with Gasteiger partial charge in [0.2, 0.25) is 5.01 Å². The summed E-state index contributed by atoms with van der Waals surface area (Å²) in [5.41, 5.74) is 2.35. The van der Waals surface area contributed by atoms with Crippen molar-refractivity contribution in [1.29, 1.82) is 0 Å². The topological polar surface area (TPSA) is 93.2 Å². The molecule has 1 heterocycles. The molecule has 8 heteroatoms. The molecule has 0 fully saturated rings. The Bertz CT molecular complexity index is 1240. The van der Waals surface area contributed by atoms with Gasteiger partial charge >= 0.3 is 0 Å². The van der Waals surface area contributed by atoms with Gasteiger partial charge in [0.1, 0.15) is 12.4 Å². The third-order valence-electron chi connectivity index (χ3n) is 5.26. The van der Waals surface area contributed by atoms with E-state index in [1.165, 1.54) is 16.9 Å². The summed E-state index contributed by atoms with van der Waals surface area (Å²) in [5, 5.41) is 14.6. The highest BCUT2D eigenvalue weighted by Gasteiger charge is 2.15. The summed E-state index contributed by atoms with van der Waals surface area (Å²) in [6.45, 7) is 2.24. The maximum absolute atomic E-state index is 12.6. The smallest absolute Gasteiger partial charge is 0.286 e. The molecule has 0 bridgehead atoms. The van der Waals surface area contributed by atoms with Crippen LogP contribution >= 0.6 is 11.3 Å². The lowest BCUT2D eigenvalue weighted by Gasteiger charge is -2.14. The van der Waals surface area contributed by atoms with Crippen LogP contribution in [-0.2, 0) is 13.0 Å². The highest BCUT2D eigenvalue weighted by Crippen LogP contribution is 2.17. The van der Waals surface area contributed by atoms with E-state index in [1.807, 2.05) is 55.5 Å². The van der Waals surface area contributed by atoms with Crippen LogP contribution in [0.5, 0.6) is 5.75 Å². The fourth-order valence-electron chi connectivity index (χ4n) is 3.36. The van der Waals surface area contributed by atoms with Gasteiger partial charge in [-0.25, -0.2) is 0 Å². The van der Waals surface area contributed by atoms with Crippen molar-refractivity contribution in [2.45, 2.75) is 32.4 Å². The first-order chi connectivity index (χ1) is 17.1. The largest absolute Gasteiger partial charge is 0.486 e. The molecule has 1 atom stereocenters. The molecule has 4 rings (SSSR count). The van der Waals surface area contributed by atoms with Crippen LogP contribution in [-0.4, -0.2) is 28.1 Å². The number of benzene rings is 3. The van der Waals surface area contributed by atoms with Crippen LogP contribution in [0.2, 0.25) is 0 Å². The molecule has 178 valence electrons. The summed E-state index contributed by atoms with van der Waals surface area (Å²) in [5.74, 6) is 0.222. The molecule has 0 aliphatic carbocycles. The van der Waals surface area contributed by atoms with Crippen molar-refractivity contribution in [1.82, 2.24) is 15.5 Å². The van der Waals surface area contributed by atoms with Crippen molar-refractivity contribution in [2.24, 2.45) is 0 Å². The van der Waals surface area contributed by atoms with Gasteiger partial charge in [-0.2, -0.15) is 0 Å². The standard InChI is InChI=1S/C27H26N4O3S/c1-19(12-13-20-8-4-2-5-9-20)28-25(32)21-14-16-22(17-15-21)29-26(33)27-31-30-24(35-27)18-34-23-10-6-3-7-11-23/h2-11,14-17,19H,12-13,18H2,1H3,(H,28,32)(H,29,33)/t19-/m1/s1. The van der Waals surface area contributed by atoms with Crippen LogP contribution in [0.3, 0.4) is 0 Å². The molecule has 0 aliphatic heterocycles. The molecule has 35 heavy (non-hydrogen) atoms. The first kappa shape index (κ1) is 24.1. The van der Waals surface area contributed by atoms with E-state index in [2.05, 4.69) is 33.0 Å². The van der Waals surface area contributed by atoms with Gasteiger partial charge in [-0.15, -0.1) is 10.2 Å². The van der Waals surface area contributed by atoms with E-state index in [1.54, 1.807) is 24.3 Å². The van der Waals surface area contributed by atoms with Gasteiger partial charge in [-0.1, -0.05) is 59.9 Å². The van der Waals surface area contributed by atoms with Gasteiger partial charge in [-0.3, -0.25) is 9.59 Å². The van der Waals surface area contributed by atoms with Gasteiger partial charge in [-0.05, 0) is 61.7 Å². The van der Waals surface area contributed by atoms with E-state index in [9.17, 15) is 9.59 Å². The Morgan fingerprint density at radius 1 is 0.886 bits per heavy atom. The molecule has 1 aromatic heterocycles. The second-order valence-corrected chi connectivity index (χ2v) is 9.10. The molecule has 2 N–H and O–H groups in total. The summed E-state index contributed by atoms with van der Waals surface area (Å²) in [7, 11) is 0. The number of aryl methyl sites for hydroxylation is 1. The molecule has 0 saturated heterocycles. The van der Waals surface area contributed by atoms with E-state index in [0.717, 1.165) is 18.6 Å². The van der Waals surface area contributed by atoms with E-state index in [-0.39, 0.29) is 29.5 Å². The summed E-state index contributed by atoms with van der Waals surface area (Å²) in [6, 6.07) is 26.4. The molecule has 0 spiro atoms. The highest BCUT2D eigenvalue weighted by molar-refractivity contribution is 7.13. The predicted octanol–water partition coefficient (Wildman–Crippen LogP) is 5.12. The molecule has 7 nitrogen and oxygen atoms in total.